The van der Waals surface area contributed by atoms with Gasteiger partial charge in [-0.1, -0.05) is 6.92 Å². The first-order chi connectivity index (χ1) is 9.36. The molecule has 1 aliphatic heterocycles. The normalized spacial score (nSPS) is 25.1. The molecule has 5 heteroatoms. The highest BCUT2D eigenvalue weighted by molar-refractivity contribution is 5.77. The van der Waals surface area contributed by atoms with E-state index in [4.69, 9.17) is 10.8 Å². The lowest BCUT2D eigenvalue weighted by molar-refractivity contribution is -0.142. The second-order valence-electron chi connectivity index (χ2n) is 6.39. The average Bonchev–Trinajstić information content (AvgIpc) is 2.56. The third-order valence-corrected chi connectivity index (χ3v) is 4.38. The number of hydrogen-bond donors (Lipinski definition) is 2. The topological polar surface area (TPSA) is 69.8 Å². The Balaban J connectivity index is 2.34. The van der Waals surface area contributed by atoms with Crippen molar-refractivity contribution in [2.45, 2.75) is 57.5 Å². The van der Waals surface area contributed by atoms with Crippen molar-refractivity contribution in [3.8, 4) is 0 Å². The zero-order valence-corrected chi connectivity index (χ0v) is 13.3. The van der Waals surface area contributed by atoms with Crippen molar-refractivity contribution in [3.05, 3.63) is 0 Å². The smallest absolute Gasteiger partial charge is 0.323 e. The number of nitrogens with zero attached hydrogens (tertiary/aromatic N) is 2. The van der Waals surface area contributed by atoms with Crippen molar-refractivity contribution in [2.24, 2.45) is 5.73 Å². The van der Waals surface area contributed by atoms with Crippen LogP contribution in [0.5, 0.6) is 0 Å². The maximum Gasteiger partial charge on any atom is 0.323 e. The van der Waals surface area contributed by atoms with Gasteiger partial charge in [0.1, 0.15) is 5.54 Å². The van der Waals surface area contributed by atoms with Gasteiger partial charge in [0.25, 0.3) is 0 Å². The highest BCUT2D eigenvalue weighted by Gasteiger charge is 2.27. The number of carboxylic acid groups (broad SMARTS) is 1. The van der Waals surface area contributed by atoms with Crippen molar-refractivity contribution in [1.29, 1.82) is 0 Å². The number of unbranched alkanes of at least 4 members (excludes halogenated alkanes) is 1. The van der Waals surface area contributed by atoms with Gasteiger partial charge in [0.05, 0.1) is 0 Å². The maximum atomic E-state index is 11.0. The molecule has 1 saturated heterocycles. The van der Waals surface area contributed by atoms with E-state index < -0.39 is 11.5 Å². The highest BCUT2D eigenvalue weighted by Crippen LogP contribution is 2.15. The molecule has 118 valence electrons. The molecule has 0 aliphatic carbocycles. The van der Waals surface area contributed by atoms with Crippen molar-refractivity contribution < 1.29 is 9.90 Å². The molecule has 1 aliphatic rings. The number of carboxylic acids is 1. The summed E-state index contributed by atoms with van der Waals surface area (Å²) in [5.41, 5.74) is 4.68. The number of likely N-dealkylation sites (N-methyl/N-ethyl adjacent to an activating group) is 1. The predicted octanol–water partition coefficient (Wildman–Crippen LogP) is 1.37. The van der Waals surface area contributed by atoms with Gasteiger partial charge in [0.2, 0.25) is 0 Å². The monoisotopic (exact) mass is 285 g/mol. The Morgan fingerprint density at radius 2 is 2.10 bits per heavy atom. The van der Waals surface area contributed by atoms with Crippen LogP contribution in [0.15, 0.2) is 0 Å². The lowest BCUT2D eigenvalue weighted by Gasteiger charge is -2.30. The van der Waals surface area contributed by atoms with Gasteiger partial charge < -0.3 is 15.7 Å². The van der Waals surface area contributed by atoms with Crippen LogP contribution < -0.4 is 5.73 Å². The lowest BCUT2D eigenvalue weighted by atomic mass is 9.96. The van der Waals surface area contributed by atoms with Gasteiger partial charge in [0.15, 0.2) is 0 Å². The van der Waals surface area contributed by atoms with Crippen molar-refractivity contribution in [3.63, 3.8) is 0 Å². The van der Waals surface area contributed by atoms with Gasteiger partial charge in [-0.2, -0.15) is 0 Å². The molecule has 3 N–H and O–H groups in total. The highest BCUT2D eigenvalue weighted by atomic mass is 16.4. The van der Waals surface area contributed by atoms with E-state index in [0.29, 0.717) is 12.5 Å². The Morgan fingerprint density at radius 1 is 1.40 bits per heavy atom. The first-order valence-electron chi connectivity index (χ1n) is 7.81. The summed E-state index contributed by atoms with van der Waals surface area (Å²) in [5.74, 6) is -0.902. The molecular weight excluding hydrogens is 254 g/mol. The van der Waals surface area contributed by atoms with Crippen LogP contribution in [0.3, 0.4) is 0 Å². The van der Waals surface area contributed by atoms with E-state index >= 15 is 0 Å². The molecule has 2 atom stereocenters. The van der Waals surface area contributed by atoms with E-state index in [2.05, 4.69) is 23.8 Å². The second-order valence-corrected chi connectivity index (χ2v) is 6.39. The zero-order valence-electron chi connectivity index (χ0n) is 13.3. The van der Waals surface area contributed by atoms with Crippen molar-refractivity contribution >= 4 is 5.97 Å². The number of nitrogens with two attached hydrogens (primary N) is 1. The Labute approximate surface area is 123 Å². The molecule has 0 amide bonds. The van der Waals surface area contributed by atoms with Crippen LogP contribution in [0.4, 0.5) is 0 Å². The molecule has 0 aromatic heterocycles. The molecule has 0 aromatic rings. The predicted molar refractivity (Wildman–Crippen MR) is 81.8 cm³/mol. The molecule has 0 bridgehead atoms. The van der Waals surface area contributed by atoms with Gasteiger partial charge in [0, 0.05) is 12.6 Å². The summed E-state index contributed by atoms with van der Waals surface area (Å²) in [6.07, 6.45) is 4.85. The quantitative estimate of drug-likeness (QED) is 0.692. The third-order valence-electron chi connectivity index (χ3n) is 4.38. The Hall–Kier alpha value is -0.650. The van der Waals surface area contributed by atoms with E-state index in [-0.39, 0.29) is 0 Å². The van der Waals surface area contributed by atoms with E-state index in [1.807, 2.05) is 0 Å². The van der Waals surface area contributed by atoms with Crippen LogP contribution in [0.1, 0.15) is 46.0 Å². The molecule has 1 fully saturated rings. The molecule has 20 heavy (non-hydrogen) atoms. The number of rotatable bonds is 7. The fourth-order valence-electron chi connectivity index (χ4n) is 2.89. The van der Waals surface area contributed by atoms with Gasteiger partial charge in [-0.05, 0) is 65.7 Å². The van der Waals surface area contributed by atoms with Crippen LogP contribution in [-0.2, 0) is 4.79 Å². The van der Waals surface area contributed by atoms with E-state index in [1.165, 1.54) is 19.4 Å². The summed E-state index contributed by atoms with van der Waals surface area (Å²) in [5, 5.41) is 8.99. The third kappa shape index (κ3) is 5.38. The second kappa shape index (κ2) is 7.96. The first kappa shape index (κ1) is 17.4. The number of carbonyl (C=O) groups is 1. The largest absolute Gasteiger partial charge is 0.480 e. The van der Waals surface area contributed by atoms with Crippen LogP contribution in [0.2, 0.25) is 0 Å². The molecule has 0 aromatic carbocycles. The van der Waals surface area contributed by atoms with Crippen LogP contribution in [-0.4, -0.2) is 65.7 Å². The van der Waals surface area contributed by atoms with E-state index in [9.17, 15) is 4.79 Å². The maximum absolute atomic E-state index is 11.0. The van der Waals surface area contributed by atoms with Crippen LogP contribution >= 0.6 is 0 Å². The Kier molecular flexibility index (Phi) is 6.92. The molecule has 0 spiro atoms. The summed E-state index contributed by atoms with van der Waals surface area (Å²) in [6, 6.07) is 0.631. The molecule has 0 saturated carbocycles. The summed E-state index contributed by atoms with van der Waals surface area (Å²) >= 11 is 0. The van der Waals surface area contributed by atoms with Gasteiger partial charge in [-0.3, -0.25) is 9.69 Å². The van der Waals surface area contributed by atoms with Crippen molar-refractivity contribution in [2.75, 3.05) is 33.2 Å². The number of aliphatic carboxylic acids is 1. The SMILES string of the molecule is CCC1CN(C)CCCN1CCCCC(C)(N)C(=O)O. The number of hydrogen-bond acceptors (Lipinski definition) is 4. The van der Waals surface area contributed by atoms with Gasteiger partial charge in [-0.25, -0.2) is 0 Å². The van der Waals surface area contributed by atoms with Crippen LogP contribution in [0, 0.1) is 0 Å². The minimum atomic E-state index is -1.08. The first-order valence-corrected chi connectivity index (χ1v) is 7.81. The average molecular weight is 285 g/mol. The van der Waals surface area contributed by atoms with E-state index in [1.54, 1.807) is 6.92 Å². The summed E-state index contributed by atoms with van der Waals surface area (Å²) in [6.45, 7) is 8.38. The van der Waals surface area contributed by atoms with Gasteiger partial charge >= 0.3 is 5.97 Å². The fraction of sp³-hybridized carbons (Fsp3) is 0.933. The Morgan fingerprint density at radius 3 is 2.70 bits per heavy atom. The van der Waals surface area contributed by atoms with Gasteiger partial charge in [-0.15, -0.1) is 0 Å². The molecule has 1 heterocycles. The van der Waals surface area contributed by atoms with Crippen molar-refractivity contribution in [1.82, 2.24) is 9.80 Å². The molecule has 1 rings (SSSR count). The fourth-order valence-corrected chi connectivity index (χ4v) is 2.89. The summed E-state index contributed by atoms with van der Waals surface area (Å²) in [7, 11) is 2.19. The zero-order chi connectivity index (χ0) is 15.2. The molecule has 2 unspecified atom stereocenters. The van der Waals surface area contributed by atoms with E-state index in [0.717, 1.165) is 32.5 Å². The van der Waals surface area contributed by atoms with Crippen LogP contribution in [0.25, 0.3) is 0 Å². The summed E-state index contributed by atoms with van der Waals surface area (Å²) < 4.78 is 0. The summed E-state index contributed by atoms with van der Waals surface area (Å²) in [4.78, 5) is 15.9. The minimum Gasteiger partial charge on any atom is -0.480 e. The molecular formula is C15H31N3O2. The minimum absolute atomic E-state index is 0.548. The molecule has 5 nitrogen and oxygen atoms in total. The standard InChI is InChI=1S/C15H31N3O2/c1-4-13-12-17(3)9-7-11-18(13)10-6-5-8-15(2,16)14(19)20/h13H,4-12,16H2,1-3H3,(H,19,20). The lowest BCUT2D eigenvalue weighted by Crippen LogP contribution is -2.45. The molecule has 0 radical (unpaired) electrons. The Bertz CT molecular complexity index is 307.